The molecule has 6 heteroatoms. The summed E-state index contributed by atoms with van der Waals surface area (Å²) in [4.78, 5) is 27.5. The van der Waals surface area contributed by atoms with Crippen LogP contribution in [0.1, 0.15) is 33.1 Å². The number of likely N-dealkylation sites (tertiary alicyclic amines) is 1. The van der Waals surface area contributed by atoms with Crippen LogP contribution in [0.5, 0.6) is 0 Å². The van der Waals surface area contributed by atoms with E-state index in [2.05, 4.69) is 17.1 Å². The lowest BCUT2D eigenvalue weighted by Crippen LogP contribution is -2.46. The van der Waals surface area contributed by atoms with Gasteiger partial charge in [0, 0.05) is 25.7 Å². The number of nitrogens with one attached hydrogen (secondary N) is 1. The van der Waals surface area contributed by atoms with E-state index in [1.54, 1.807) is 9.13 Å². The summed E-state index contributed by atoms with van der Waals surface area (Å²) >= 11 is 0. The molecule has 0 aliphatic carbocycles. The number of carbonyl (C=O) groups is 1. The lowest BCUT2D eigenvalue weighted by molar-refractivity contribution is -0.122. The van der Waals surface area contributed by atoms with E-state index in [-0.39, 0.29) is 24.2 Å². The average Bonchev–Trinajstić information content (AvgIpc) is 2.88. The van der Waals surface area contributed by atoms with Crippen LogP contribution in [-0.2, 0) is 17.9 Å². The molecular formula is C19H28N4O2. The van der Waals surface area contributed by atoms with E-state index in [0.717, 1.165) is 43.5 Å². The van der Waals surface area contributed by atoms with Gasteiger partial charge in [-0.2, -0.15) is 0 Å². The number of fused-ring (bicyclic) bond motifs is 1. The molecule has 1 N–H and O–H groups in total. The number of rotatable bonds is 6. The summed E-state index contributed by atoms with van der Waals surface area (Å²) in [6, 6.07) is 7.87. The van der Waals surface area contributed by atoms with Crippen molar-refractivity contribution in [2.45, 2.75) is 52.2 Å². The second-order valence-electron chi connectivity index (χ2n) is 6.79. The molecule has 1 fully saturated rings. The zero-order chi connectivity index (χ0) is 17.8. The Hall–Kier alpha value is -2.08. The highest BCUT2D eigenvalue weighted by Gasteiger charge is 2.21. The summed E-state index contributed by atoms with van der Waals surface area (Å²) in [6.45, 7) is 8.03. The maximum atomic E-state index is 12.6. The maximum Gasteiger partial charge on any atom is 0.329 e. The number of nitrogens with zero attached hydrogens (tertiary/aromatic N) is 3. The van der Waals surface area contributed by atoms with Crippen LogP contribution in [0.25, 0.3) is 11.0 Å². The fourth-order valence-electron chi connectivity index (χ4n) is 3.76. The lowest BCUT2D eigenvalue weighted by Gasteiger charge is -2.32. The van der Waals surface area contributed by atoms with Crippen LogP contribution < -0.4 is 11.0 Å². The number of aromatic nitrogens is 2. The van der Waals surface area contributed by atoms with E-state index in [0.29, 0.717) is 6.54 Å². The Kier molecular flexibility index (Phi) is 5.58. The number of piperidine rings is 1. The first-order valence-electron chi connectivity index (χ1n) is 9.33. The zero-order valence-electron chi connectivity index (χ0n) is 15.2. The fourth-order valence-corrected chi connectivity index (χ4v) is 3.76. The fraction of sp³-hybridized carbons (Fsp3) is 0.579. The predicted octanol–water partition coefficient (Wildman–Crippen LogP) is 1.81. The van der Waals surface area contributed by atoms with Crippen LogP contribution in [0.2, 0.25) is 0 Å². The van der Waals surface area contributed by atoms with Gasteiger partial charge in [-0.1, -0.05) is 19.1 Å². The molecule has 1 aromatic heterocycles. The molecule has 1 saturated heterocycles. The van der Waals surface area contributed by atoms with Crippen LogP contribution in [0.3, 0.4) is 0 Å². The van der Waals surface area contributed by atoms with Crippen LogP contribution in [0.15, 0.2) is 29.1 Å². The molecule has 0 atom stereocenters. The normalized spacial score (nSPS) is 16.4. The van der Waals surface area contributed by atoms with Crippen molar-refractivity contribution in [1.82, 2.24) is 19.4 Å². The molecule has 1 aliphatic heterocycles. The van der Waals surface area contributed by atoms with Crippen molar-refractivity contribution in [3.05, 3.63) is 34.7 Å². The number of aryl methyl sites for hydroxylation is 1. The third-order valence-corrected chi connectivity index (χ3v) is 5.04. The first-order valence-corrected chi connectivity index (χ1v) is 9.33. The maximum absolute atomic E-state index is 12.6. The molecule has 0 saturated carbocycles. The predicted molar refractivity (Wildman–Crippen MR) is 99.8 cm³/mol. The molecule has 2 heterocycles. The summed E-state index contributed by atoms with van der Waals surface area (Å²) in [6.07, 6.45) is 3.14. The van der Waals surface area contributed by atoms with Gasteiger partial charge in [-0.15, -0.1) is 0 Å². The third-order valence-electron chi connectivity index (χ3n) is 5.04. The molecule has 25 heavy (non-hydrogen) atoms. The average molecular weight is 344 g/mol. The molecular weight excluding hydrogens is 316 g/mol. The van der Waals surface area contributed by atoms with E-state index in [1.165, 1.54) is 6.42 Å². The van der Waals surface area contributed by atoms with E-state index in [9.17, 15) is 9.59 Å². The standard InChI is InChI=1S/C19H28N4O2/c1-3-11-21-12-9-15(10-13-21)20-18(24)14-23-17-8-6-5-7-16(17)22(4-2)19(23)25/h5-8,15H,3-4,9-14H2,1-2H3,(H,20,24). The topological polar surface area (TPSA) is 59.3 Å². The van der Waals surface area contributed by atoms with Gasteiger partial charge in [0.2, 0.25) is 5.91 Å². The van der Waals surface area contributed by atoms with Gasteiger partial charge in [-0.05, 0) is 44.9 Å². The van der Waals surface area contributed by atoms with Crippen molar-refractivity contribution in [2.24, 2.45) is 0 Å². The van der Waals surface area contributed by atoms with Crippen molar-refractivity contribution in [1.29, 1.82) is 0 Å². The van der Waals surface area contributed by atoms with Crippen LogP contribution in [-0.4, -0.2) is 45.6 Å². The first kappa shape index (κ1) is 17.7. The number of imidazole rings is 1. The largest absolute Gasteiger partial charge is 0.352 e. The highest BCUT2D eigenvalue weighted by atomic mass is 16.2. The molecule has 6 nitrogen and oxygen atoms in total. The molecule has 1 aliphatic rings. The van der Waals surface area contributed by atoms with Crippen molar-refractivity contribution in [3.8, 4) is 0 Å². The smallest absolute Gasteiger partial charge is 0.329 e. The molecule has 1 amide bonds. The monoisotopic (exact) mass is 344 g/mol. The van der Waals surface area contributed by atoms with E-state index >= 15 is 0 Å². The Bertz CT molecular complexity index is 784. The lowest BCUT2D eigenvalue weighted by atomic mass is 10.0. The quantitative estimate of drug-likeness (QED) is 0.869. The summed E-state index contributed by atoms with van der Waals surface area (Å²) < 4.78 is 3.30. The number of amides is 1. The molecule has 0 radical (unpaired) electrons. The van der Waals surface area contributed by atoms with E-state index < -0.39 is 0 Å². The number of para-hydroxylation sites is 2. The van der Waals surface area contributed by atoms with Gasteiger partial charge in [-0.25, -0.2) is 4.79 Å². The highest BCUT2D eigenvalue weighted by molar-refractivity contribution is 5.81. The van der Waals surface area contributed by atoms with Gasteiger partial charge < -0.3 is 10.2 Å². The SMILES string of the molecule is CCCN1CCC(NC(=O)Cn2c(=O)n(CC)c3ccccc32)CC1. The van der Waals surface area contributed by atoms with Crippen molar-refractivity contribution >= 4 is 16.9 Å². The number of hydrogen-bond donors (Lipinski definition) is 1. The van der Waals surface area contributed by atoms with Gasteiger partial charge in [0.25, 0.3) is 0 Å². The Labute approximate surface area is 148 Å². The van der Waals surface area contributed by atoms with E-state index in [4.69, 9.17) is 0 Å². The Morgan fingerprint density at radius 1 is 1.12 bits per heavy atom. The minimum absolute atomic E-state index is 0.0740. The number of benzene rings is 1. The van der Waals surface area contributed by atoms with Crippen LogP contribution in [0.4, 0.5) is 0 Å². The molecule has 0 unspecified atom stereocenters. The highest BCUT2D eigenvalue weighted by Crippen LogP contribution is 2.13. The minimum atomic E-state index is -0.114. The van der Waals surface area contributed by atoms with Gasteiger partial charge in [-0.3, -0.25) is 13.9 Å². The summed E-state index contributed by atoms with van der Waals surface area (Å²) in [7, 11) is 0. The number of hydrogen-bond acceptors (Lipinski definition) is 3. The van der Waals surface area contributed by atoms with Crippen molar-refractivity contribution in [3.63, 3.8) is 0 Å². The molecule has 2 aromatic rings. The minimum Gasteiger partial charge on any atom is -0.352 e. The summed E-state index contributed by atoms with van der Waals surface area (Å²) in [5, 5.41) is 3.11. The van der Waals surface area contributed by atoms with Crippen molar-refractivity contribution < 1.29 is 4.79 Å². The zero-order valence-corrected chi connectivity index (χ0v) is 15.2. The summed E-state index contributed by atoms with van der Waals surface area (Å²) in [5.41, 5.74) is 1.59. The third kappa shape index (κ3) is 3.79. The number of carbonyl (C=O) groups excluding carboxylic acids is 1. The van der Waals surface area contributed by atoms with Gasteiger partial charge in [0.1, 0.15) is 6.54 Å². The second kappa shape index (κ2) is 7.87. The van der Waals surface area contributed by atoms with Crippen LogP contribution >= 0.6 is 0 Å². The van der Waals surface area contributed by atoms with Gasteiger partial charge >= 0.3 is 5.69 Å². The van der Waals surface area contributed by atoms with Crippen molar-refractivity contribution in [2.75, 3.05) is 19.6 Å². The molecule has 0 bridgehead atoms. The Balaban J connectivity index is 1.67. The first-order chi connectivity index (χ1) is 12.1. The van der Waals surface area contributed by atoms with Gasteiger partial charge in [0.15, 0.2) is 0 Å². The van der Waals surface area contributed by atoms with Crippen LogP contribution in [0, 0.1) is 0 Å². The molecule has 1 aromatic carbocycles. The summed E-state index contributed by atoms with van der Waals surface area (Å²) in [5.74, 6) is -0.0740. The molecule has 3 rings (SSSR count). The second-order valence-corrected chi connectivity index (χ2v) is 6.79. The molecule has 136 valence electrons. The Morgan fingerprint density at radius 2 is 1.76 bits per heavy atom. The Morgan fingerprint density at radius 3 is 2.36 bits per heavy atom. The van der Waals surface area contributed by atoms with Gasteiger partial charge in [0.05, 0.1) is 11.0 Å². The molecule has 0 spiro atoms. The van der Waals surface area contributed by atoms with E-state index in [1.807, 2.05) is 31.2 Å².